The minimum absolute atomic E-state index is 0.0541. The van der Waals surface area contributed by atoms with Crippen molar-refractivity contribution in [1.82, 2.24) is 4.31 Å². The number of nitrogens with one attached hydrogen (secondary N) is 1. The summed E-state index contributed by atoms with van der Waals surface area (Å²) in [5.41, 5.74) is 0.741. The van der Waals surface area contributed by atoms with Crippen molar-refractivity contribution in [3.8, 4) is 0 Å². The molecule has 1 N–H and O–H groups in total. The average molecular weight is 403 g/mol. The number of nitro groups is 1. The Hall–Kier alpha value is -2.78. The predicted molar refractivity (Wildman–Crippen MR) is 104 cm³/mol. The summed E-state index contributed by atoms with van der Waals surface area (Å²) in [7, 11) is -3.57. The Bertz CT molecular complexity index is 984. The molecular formula is C19H21N3O5S. The first-order valence-corrected chi connectivity index (χ1v) is 10.3. The summed E-state index contributed by atoms with van der Waals surface area (Å²) in [6, 6.07) is 12.7. The zero-order chi connectivity index (χ0) is 20.3. The highest BCUT2D eigenvalue weighted by atomic mass is 32.2. The second-order valence-electron chi connectivity index (χ2n) is 6.69. The van der Waals surface area contributed by atoms with Gasteiger partial charge in [-0.3, -0.25) is 14.9 Å². The summed E-state index contributed by atoms with van der Waals surface area (Å²) in [4.78, 5) is 23.4. The second-order valence-corrected chi connectivity index (χ2v) is 8.63. The molecule has 2 aromatic rings. The van der Waals surface area contributed by atoms with E-state index >= 15 is 0 Å². The standard InChI is InChI=1S/C19H21N3O5S/c1-14-17(8-5-9-18(14)22(24)25)20-19(23)15-10-12-21(13-11-15)28(26,27)16-6-3-2-4-7-16/h2-9,15H,10-13H2,1H3,(H,20,23). The SMILES string of the molecule is Cc1c(NC(=O)C2CCN(S(=O)(=O)c3ccccc3)CC2)cccc1[N+](=O)[O-]. The van der Waals surface area contributed by atoms with E-state index in [1.807, 2.05) is 0 Å². The zero-order valence-corrected chi connectivity index (χ0v) is 16.2. The molecule has 0 unspecified atom stereocenters. The number of carbonyl (C=O) groups is 1. The van der Waals surface area contributed by atoms with Crippen LogP contribution in [0.4, 0.5) is 11.4 Å². The van der Waals surface area contributed by atoms with E-state index in [1.54, 1.807) is 43.3 Å². The van der Waals surface area contributed by atoms with Crippen molar-refractivity contribution >= 4 is 27.3 Å². The molecule has 1 fully saturated rings. The van der Waals surface area contributed by atoms with E-state index in [1.165, 1.54) is 16.4 Å². The molecule has 8 nitrogen and oxygen atoms in total. The molecule has 1 amide bonds. The Morgan fingerprint density at radius 2 is 1.75 bits per heavy atom. The molecule has 0 aliphatic carbocycles. The lowest BCUT2D eigenvalue weighted by molar-refractivity contribution is -0.385. The molecule has 0 saturated carbocycles. The molecule has 1 heterocycles. The molecule has 1 aliphatic rings. The summed E-state index contributed by atoms with van der Waals surface area (Å²) in [5.74, 6) is -0.596. The monoisotopic (exact) mass is 403 g/mol. The molecule has 1 saturated heterocycles. The van der Waals surface area contributed by atoms with Gasteiger partial charge in [0.25, 0.3) is 5.69 Å². The fourth-order valence-corrected chi connectivity index (χ4v) is 4.78. The van der Waals surface area contributed by atoms with Crippen LogP contribution in [0.5, 0.6) is 0 Å². The lowest BCUT2D eigenvalue weighted by Crippen LogP contribution is -2.41. The molecule has 28 heavy (non-hydrogen) atoms. The van der Waals surface area contributed by atoms with Gasteiger partial charge in [-0.1, -0.05) is 24.3 Å². The van der Waals surface area contributed by atoms with E-state index < -0.39 is 14.9 Å². The molecule has 1 aliphatic heterocycles. The maximum atomic E-state index is 12.7. The Labute approximate surface area is 163 Å². The Morgan fingerprint density at radius 1 is 1.11 bits per heavy atom. The molecule has 0 aromatic heterocycles. The third-order valence-corrected chi connectivity index (χ3v) is 6.88. The van der Waals surface area contributed by atoms with E-state index in [4.69, 9.17) is 0 Å². The number of nitrogens with zero attached hydrogens (tertiary/aromatic N) is 2. The van der Waals surface area contributed by atoms with E-state index in [-0.39, 0.29) is 35.5 Å². The van der Waals surface area contributed by atoms with Crippen LogP contribution in [0.15, 0.2) is 53.4 Å². The smallest absolute Gasteiger partial charge is 0.274 e. The van der Waals surface area contributed by atoms with Crippen LogP contribution in [0.2, 0.25) is 0 Å². The number of anilines is 1. The van der Waals surface area contributed by atoms with Crippen molar-refractivity contribution in [2.45, 2.75) is 24.7 Å². The minimum Gasteiger partial charge on any atom is -0.325 e. The molecule has 2 aromatic carbocycles. The van der Waals surface area contributed by atoms with Gasteiger partial charge in [0.2, 0.25) is 15.9 Å². The maximum absolute atomic E-state index is 12.7. The van der Waals surface area contributed by atoms with E-state index in [2.05, 4.69) is 5.32 Å². The quantitative estimate of drug-likeness (QED) is 0.610. The number of amides is 1. The molecule has 0 bridgehead atoms. The fraction of sp³-hybridized carbons (Fsp3) is 0.316. The lowest BCUT2D eigenvalue weighted by Gasteiger charge is -2.30. The van der Waals surface area contributed by atoms with Gasteiger partial charge in [0.05, 0.1) is 21.1 Å². The van der Waals surface area contributed by atoms with Crippen LogP contribution in [0.1, 0.15) is 18.4 Å². The van der Waals surface area contributed by atoms with Gasteiger partial charge in [-0.2, -0.15) is 4.31 Å². The molecule has 0 spiro atoms. The van der Waals surface area contributed by atoms with Crippen LogP contribution in [-0.2, 0) is 14.8 Å². The molecular weight excluding hydrogens is 382 g/mol. The third kappa shape index (κ3) is 4.05. The van der Waals surface area contributed by atoms with E-state index in [0.29, 0.717) is 24.1 Å². The highest BCUT2D eigenvalue weighted by Crippen LogP contribution is 2.28. The zero-order valence-electron chi connectivity index (χ0n) is 15.4. The number of nitro benzene ring substituents is 1. The van der Waals surface area contributed by atoms with Crippen LogP contribution in [0, 0.1) is 23.0 Å². The number of benzene rings is 2. The van der Waals surface area contributed by atoms with E-state index in [0.717, 1.165) is 0 Å². The van der Waals surface area contributed by atoms with Crippen molar-refractivity contribution in [3.63, 3.8) is 0 Å². The van der Waals surface area contributed by atoms with Crippen LogP contribution in [0.3, 0.4) is 0 Å². The number of hydrogen-bond acceptors (Lipinski definition) is 5. The highest BCUT2D eigenvalue weighted by molar-refractivity contribution is 7.89. The van der Waals surface area contributed by atoms with E-state index in [9.17, 15) is 23.3 Å². The molecule has 0 radical (unpaired) electrons. The second kappa shape index (κ2) is 8.07. The van der Waals surface area contributed by atoms with Gasteiger partial charge in [0.1, 0.15) is 0 Å². The molecule has 9 heteroatoms. The maximum Gasteiger partial charge on any atom is 0.274 e. The largest absolute Gasteiger partial charge is 0.325 e. The van der Waals surface area contributed by atoms with Gasteiger partial charge < -0.3 is 5.32 Å². The van der Waals surface area contributed by atoms with Gasteiger partial charge >= 0.3 is 0 Å². The lowest BCUT2D eigenvalue weighted by atomic mass is 9.97. The first-order valence-electron chi connectivity index (χ1n) is 8.91. The van der Waals surface area contributed by atoms with Gasteiger partial charge in [-0.15, -0.1) is 0 Å². The molecule has 0 atom stereocenters. The Kier molecular flexibility index (Phi) is 5.76. The van der Waals surface area contributed by atoms with Gasteiger partial charge in [0, 0.05) is 25.1 Å². The summed E-state index contributed by atoms with van der Waals surface area (Å²) in [6.07, 6.45) is 0.789. The van der Waals surface area contributed by atoms with Gasteiger partial charge in [-0.25, -0.2) is 8.42 Å². The normalized spacial score (nSPS) is 15.9. The van der Waals surface area contributed by atoms with Gasteiger partial charge in [-0.05, 0) is 38.0 Å². The summed E-state index contributed by atoms with van der Waals surface area (Å²) in [5, 5.41) is 13.8. The summed E-state index contributed by atoms with van der Waals surface area (Å²) in [6.45, 7) is 2.09. The minimum atomic E-state index is -3.57. The number of carbonyl (C=O) groups excluding carboxylic acids is 1. The summed E-state index contributed by atoms with van der Waals surface area (Å²) < 4.78 is 26.7. The Balaban J connectivity index is 1.65. The van der Waals surface area contributed by atoms with Crippen molar-refractivity contribution in [3.05, 3.63) is 64.2 Å². The number of rotatable bonds is 5. The van der Waals surface area contributed by atoms with Crippen LogP contribution >= 0.6 is 0 Å². The van der Waals surface area contributed by atoms with Crippen LogP contribution in [0.25, 0.3) is 0 Å². The van der Waals surface area contributed by atoms with Crippen molar-refractivity contribution in [1.29, 1.82) is 0 Å². The van der Waals surface area contributed by atoms with Crippen molar-refractivity contribution in [2.75, 3.05) is 18.4 Å². The number of sulfonamides is 1. The van der Waals surface area contributed by atoms with Crippen molar-refractivity contribution in [2.24, 2.45) is 5.92 Å². The van der Waals surface area contributed by atoms with Gasteiger partial charge in [0.15, 0.2) is 0 Å². The Morgan fingerprint density at radius 3 is 2.36 bits per heavy atom. The third-order valence-electron chi connectivity index (χ3n) is 4.97. The van der Waals surface area contributed by atoms with Crippen LogP contribution < -0.4 is 5.32 Å². The predicted octanol–water partition coefficient (Wildman–Crippen LogP) is 2.94. The topological polar surface area (TPSA) is 110 Å². The first-order chi connectivity index (χ1) is 13.3. The number of piperidine rings is 1. The summed E-state index contributed by atoms with van der Waals surface area (Å²) >= 11 is 0. The fourth-order valence-electron chi connectivity index (χ4n) is 3.29. The van der Waals surface area contributed by atoms with Crippen molar-refractivity contribution < 1.29 is 18.1 Å². The van der Waals surface area contributed by atoms with Crippen LogP contribution in [-0.4, -0.2) is 36.6 Å². The highest BCUT2D eigenvalue weighted by Gasteiger charge is 2.32. The molecule has 3 rings (SSSR count). The average Bonchev–Trinajstić information content (AvgIpc) is 2.70. The first kappa shape index (κ1) is 20.0. The number of hydrogen-bond donors (Lipinski definition) is 1. The molecule has 148 valence electrons.